The van der Waals surface area contributed by atoms with Crippen LogP contribution < -0.4 is 9.64 Å². The van der Waals surface area contributed by atoms with Gasteiger partial charge < -0.3 is 4.74 Å². The standard InChI is InChI=1S/C24H18ClN3O2S/c1-2-14-30-19-10-8-17(9-11-19)15-22-23(29)28(18-6-4-3-5-7-18)24(31-22)27-21-12-13-26-16-20(21)25/h2-13,15-16H,1,14H2/b22-15-,27-24?. The van der Waals surface area contributed by atoms with Crippen LogP contribution in [0, 0.1) is 0 Å². The third-order valence-corrected chi connectivity index (χ3v) is 5.59. The number of ether oxygens (including phenoxy) is 1. The van der Waals surface area contributed by atoms with Crippen LogP contribution in [0.5, 0.6) is 5.75 Å². The van der Waals surface area contributed by atoms with Gasteiger partial charge in [-0.25, -0.2) is 4.99 Å². The SMILES string of the molecule is C=CCOc1ccc(/C=C2\SC(=Nc3ccncc3Cl)N(c3ccccc3)C2=O)cc1. The topological polar surface area (TPSA) is 54.8 Å². The van der Waals surface area contributed by atoms with Gasteiger partial charge in [-0.15, -0.1) is 0 Å². The van der Waals surface area contributed by atoms with Crippen LogP contribution in [0.4, 0.5) is 11.4 Å². The molecule has 7 heteroatoms. The molecule has 3 aromatic rings. The summed E-state index contributed by atoms with van der Waals surface area (Å²) in [6.07, 6.45) is 6.68. The van der Waals surface area contributed by atoms with Crippen molar-refractivity contribution in [3.8, 4) is 5.75 Å². The normalized spacial score (nSPS) is 16.2. The van der Waals surface area contributed by atoms with E-state index in [1.807, 2.05) is 60.7 Å². The summed E-state index contributed by atoms with van der Waals surface area (Å²) in [6, 6.07) is 18.7. The lowest BCUT2D eigenvalue weighted by molar-refractivity contribution is -0.113. The maximum Gasteiger partial charge on any atom is 0.271 e. The molecule has 31 heavy (non-hydrogen) atoms. The lowest BCUT2D eigenvalue weighted by Crippen LogP contribution is -2.28. The van der Waals surface area contributed by atoms with Gasteiger partial charge in [0.05, 0.1) is 21.3 Å². The minimum atomic E-state index is -0.146. The molecule has 0 saturated carbocycles. The van der Waals surface area contributed by atoms with Crippen molar-refractivity contribution < 1.29 is 9.53 Å². The first-order chi connectivity index (χ1) is 15.2. The van der Waals surface area contributed by atoms with Crippen molar-refractivity contribution >= 4 is 51.9 Å². The highest BCUT2D eigenvalue weighted by Gasteiger charge is 2.34. The average Bonchev–Trinajstić information content (AvgIpc) is 3.10. The minimum Gasteiger partial charge on any atom is -0.490 e. The van der Waals surface area contributed by atoms with E-state index in [9.17, 15) is 4.79 Å². The zero-order chi connectivity index (χ0) is 21.6. The van der Waals surface area contributed by atoms with Crippen LogP contribution >= 0.6 is 23.4 Å². The molecular weight excluding hydrogens is 430 g/mol. The summed E-state index contributed by atoms with van der Waals surface area (Å²) in [7, 11) is 0. The number of pyridine rings is 1. The number of hydrogen-bond donors (Lipinski definition) is 0. The number of halogens is 1. The monoisotopic (exact) mass is 447 g/mol. The Morgan fingerprint density at radius 1 is 1.13 bits per heavy atom. The molecule has 154 valence electrons. The Bertz CT molecular complexity index is 1160. The predicted octanol–water partition coefficient (Wildman–Crippen LogP) is 6.11. The van der Waals surface area contributed by atoms with Crippen molar-refractivity contribution in [2.24, 2.45) is 4.99 Å². The molecule has 1 fully saturated rings. The Balaban J connectivity index is 1.69. The van der Waals surface area contributed by atoms with Crippen LogP contribution in [0.15, 0.2) is 95.6 Å². The average molecular weight is 448 g/mol. The van der Waals surface area contributed by atoms with Gasteiger partial charge in [0.15, 0.2) is 5.17 Å². The summed E-state index contributed by atoms with van der Waals surface area (Å²) in [5.74, 6) is 0.597. The molecule has 0 radical (unpaired) electrons. The number of carbonyl (C=O) groups is 1. The van der Waals surface area contributed by atoms with Gasteiger partial charge >= 0.3 is 0 Å². The van der Waals surface area contributed by atoms with E-state index in [0.717, 1.165) is 17.0 Å². The van der Waals surface area contributed by atoms with Crippen LogP contribution in [-0.4, -0.2) is 22.7 Å². The molecule has 0 N–H and O–H groups in total. The van der Waals surface area contributed by atoms with E-state index in [-0.39, 0.29) is 5.91 Å². The van der Waals surface area contributed by atoms with E-state index in [4.69, 9.17) is 16.3 Å². The van der Waals surface area contributed by atoms with E-state index >= 15 is 0 Å². The fourth-order valence-corrected chi connectivity index (χ4v) is 4.04. The molecule has 0 atom stereocenters. The molecule has 1 amide bonds. The second-order valence-corrected chi connectivity index (χ2v) is 7.89. The fourth-order valence-electron chi connectivity index (χ4n) is 2.88. The van der Waals surface area contributed by atoms with E-state index in [2.05, 4.69) is 16.6 Å². The Morgan fingerprint density at radius 2 is 1.90 bits per heavy atom. The number of benzene rings is 2. The van der Waals surface area contributed by atoms with Crippen molar-refractivity contribution in [1.82, 2.24) is 4.98 Å². The summed E-state index contributed by atoms with van der Waals surface area (Å²) >= 11 is 7.54. The maximum absolute atomic E-state index is 13.3. The van der Waals surface area contributed by atoms with Gasteiger partial charge in [-0.1, -0.05) is 54.6 Å². The second kappa shape index (κ2) is 9.64. The van der Waals surface area contributed by atoms with Crippen LogP contribution in [0.1, 0.15) is 5.56 Å². The van der Waals surface area contributed by atoms with Crippen molar-refractivity contribution in [2.75, 3.05) is 11.5 Å². The number of para-hydroxylation sites is 1. The largest absolute Gasteiger partial charge is 0.490 e. The van der Waals surface area contributed by atoms with E-state index in [1.54, 1.807) is 23.2 Å². The molecular formula is C24H18ClN3O2S. The van der Waals surface area contributed by atoms with Gasteiger partial charge in [-0.05, 0) is 53.7 Å². The van der Waals surface area contributed by atoms with Crippen molar-refractivity contribution in [1.29, 1.82) is 0 Å². The Morgan fingerprint density at radius 3 is 2.61 bits per heavy atom. The number of nitrogens with zero attached hydrogens (tertiary/aromatic N) is 3. The van der Waals surface area contributed by atoms with Gasteiger partial charge in [0.1, 0.15) is 12.4 Å². The van der Waals surface area contributed by atoms with Crippen LogP contribution in [-0.2, 0) is 4.79 Å². The quantitative estimate of drug-likeness (QED) is 0.338. The number of hydrogen-bond acceptors (Lipinski definition) is 5. The molecule has 1 aromatic heterocycles. The van der Waals surface area contributed by atoms with Crippen molar-refractivity contribution in [2.45, 2.75) is 0 Å². The van der Waals surface area contributed by atoms with Gasteiger partial charge in [0.2, 0.25) is 0 Å². The summed E-state index contributed by atoms with van der Waals surface area (Å²) < 4.78 is 5.51. The Labute approximate surface area is 189 Å². The highest BCUT2D eigenvalue weighted by Crippen LogP contribution is 2.38. The van der Waals surface area contributed by atoms with E-state index in [1.165, 1.54) is 18.0 Å². The number of anilines is 1. The molecule has 0 spiro atoms. The zero-order valence-corrected chi connectivity index (χ0v) is 18.0. The molecule has 0 bridgehead atoms. The molecule has 1 aliphatic rings. The molecule has 1 aliphatic heterocycles. The van der Waals surface area contributed by atoms with E-state index in [0.29, 0.717) is 27.4 Å². The van der Waals surface area contributed by atoms with Crippen LogP contribution in [0.25, 0.3) is 6.08 Å². The van der Waals surface area contributed by atoms with E-state index < -0.39 is 0 Å². The van der Waals surface area contributed by atoms with Crippen molar-refractivity contribution in [3.05, 3.63) is 101 Å². The minimum absolute atomic E-state index is 0.146. The molecule has 4 rings (SSSR count). The van der Waals surface area contributed by atoms with Gasteiger partial charge in [-0.2, -0.15) is 0 Å². The number of amides is 1. The van der Waals surface area contributed by atoms with Gasteiger partial charge in [-0.3, -0.25) is 14.7 Å². The third kappa shape index (κ3) is 4.87. The first-order valence-electron chi connectivity index (χ1n) is 9.47. The second-order valence-electron chi connectivity index (χ2n) is 6.48. The summed E-state index contributed by atoms with van der Waals surface area (Å²) in [6.45, 7) is 4.08. The fraction of sp³-hybridized carbons (Fsp3) is 0.0417. The lowest BCUT2D eigenvalue weighted by atomic mass is 10.2. The summed E-state index contributed by atoms with van der Waals surface area (Å²) in [4.78, 5) is 24.1. The molecule has 2 aromatic carbocycles. The maximum atomic E-state index is 13.3. The van der Waals surface area contributed by atoms with Crippen LogP contribution in [0.2, 0.25) is 5.02 Å². The molecule has 1 saturated heterocycles. The molecule has 0 aliphatic carbocycles. The lowest BCUT2D eigenvalue weighted by Gasteiger charge is -2.15. The highest BCUT2D eigenvalue weighted by molar-refractivity contribution is 8.19. The zero-order valence-electron chi connectivity index (χ0n) is 16.4. The predicted molar refractivity (Wildman–Crippen MR) is 128 cm³/mol. The van der Waals surface area contributed by atoms with Crippen LogP contribution in [0.3, 0.4) is 0 Å². The summed E-state index contributed by atoms with van der Waals surface area (Å²) in [5, 5.41) is 0.949. The smallest absolute Gasteiger partial charge is 0.271 e. The summed E-state index contributed by atoms with van der Waals surface area (Å²) in [5.41, 5.74) is 2.18. The first kappa shape index (κ1) is 20.9. The number of aliphatic imine (C=N–C) groups is 1. The van der Waals surface area contributed by atoms with Crippen molar-refractivity contribution in [3.63, 3.8) is 0 Å². The van der Waals surface area contributed by atoms with Gasteiger partial charge in [0.25, 0.3) is 5.91 Å². The Kier molecular flexibility index (Phi) is 6.50. The number of aromatic nitrogens is 1. The number of amidine groups is 1. The molecule has 5 nitrogen and oxygen atoms in total. The Hall–Kier alpha value is -3.35. The molecule has 0 unspecified atom stereocenters. The highest BCUT2D eigenvalue weighted by atomic mass is 35.5. The number of thioether (sulfide) groups is 1. The molecule has 2 heterocycles. The third-order valence-electron chi connectivity index (χ3n) is 4.33. The number of carbonyl (C=O) groups excluding carboxylic acids is 1. The first-order valence-corrected chi connectivity index (χ1v) is 10.7. The van der Waals surface area contributed by atoms with Gasteiger partial charge in [0, 0.05) is 12.4 Å². The number of rotatable bonds is 6.